The van der Waals surface area contributed by atoms with Crippen molar-refractivity contribution < 1.29 is 19.5 Å². The molecule has 0 bridgehead atoms. The number of hydrogen-bond acceptors (Lipinski definition) is 3. The molecule has 8 heteroatoms. The van der Waals surface area contributed by atoms with Gasteiger partial charge in [-0.05, 0) is 35.4 Å². The van der Waals surface area contributed by atoms with Crippen LogP contribution in [-0.2, 0) is 20.8 Å². The van der Waals surface area contributed by atoms with Crippen LogP contribution in [0, 0.1) is 0 Å². The first-order valence-corrected chi connectivity index (χ1v) is 9.83. The fraction of sp³-hybridized carbons (Fsp3) is 0.286. The van der Waals surface area contributed by atoms with Crippen molar-refractivity contribution in [1.82, 2.24) is 9.80 Å². The summed E-state index contributed by atoms with van der Waals surface area (Å²) in [4.78, 5) is 40.0. The number of carbonyl (C=O) groups excluding carboxylic acids is 2. The van der Waals surface area contributed by atoms with Crippen LogP contribution in [0.2, 0.25) is 10.0 Å². The summed E-state index contributed by atoms with van der Waals surface area (Å²) >= 11 is 11.9. The molecular weight excluding hydrogens is 415 g/mol. The summed E-state index contributed by atoms with van der Waals surface area (Å²) in [5.41, 5.74) is 1.58. The van der Waals surface area contributed by atoms with Gasteiger partial charge in [-0.25, -0.2) is 0 Å². The zero-order valence-electron chi connectivity index (χ0n) is 15.7. The average Bonchev–Trinajstić information content (AvgIpc) is 2.93. The van der Waals surface area contributed by atoms with E-state index in [2.05, 4.69) is 0 Å². The number of likely N-dealkylation sites (N-methyl/N-ethyl adjacent to an activating group) is 1. The average molecular weight is 435 g/mol. The number of carboxylic acids is 1. The Hall–Kier alpha value is -2.57. The molecule has 6 nitrogen and oxygen atoms in total. The lowest BCUT2D eigenvalue weighted by Gasteiger charge is -2.30. The van der Waals surface area contributed by atoms with Crippen molar-refractivity contribution >= 4 is 41.0 Å². The van der Waals surface area contributed by atoms with Crippen LogP contribution >= 0.6 is 23.2 Å². The quantitative estimate of drug-likeness (QED) is 0.750. The van der Waals surface area contributed by atoms with Gasteiger partial charge in [0.05, 0.1) is 6.42 Å². The lowest BCUT2D eigenvalue weighted by molar-refractivity contribution is -0.142. The largest absolute Gasteiger partial charge is 0.481 e. The second kappa shape index (κ2) is 8.84. The summed E-state index contributed by atoms with van der Waals surface area (Å²) in [7, 11) is 1.64. The number of nitrogens with zero attached hydrogens (tertiary/aromatic N) is 2. The van der Waals surface area contributed by atoms with Gasteiger partial charge >= 0.3 is 5.97 Å². The Morgan fingerprint density at radius 1 is 0.966 bits per heavy atom. The Morgan fingerprint density at radius 2 is 1.52 bits per heavy atom. The number of hydrogen-bond donors (Lipinski definition) is 1. The minimum absolute atomic E-state index is 0.183. The van der Waals surface area contributed by atoms with Gasteiger partial charge in [0.2, 0.25) is 11.8 Å². The van der Waals surface area contributed by atoms with Gasteiger partial charge in [0, 0.05) is 29.9 Å². The molecule has 1 aliphatic rings. The van der Waals surface area contributed by atoms with Crippen LogP contribution in [-0.4, -0.2) is 45.8 Å². The molecule has 0 aromatic heterocycles. The lowest BCUT2D eigenvalue weighted by Crippen LogP contribution is -2.41. The Bertz CT molecular complexity index is 915. The van der Waals surface area contributed by atoms with Crippen molar-refractivity contribution in [3.8, 4) is 0 Å². The molecule has 0 spiro atoms. The van der Waals surface area contributed by atoms with E-state index in [4.69, 9.17) is 28.3 Å². The molecule has 29 heavy (non-hydrogen) atoms. The Morgan fingerprint density at radius 3 is 2.07 bits per heavy atom. The minimum atomic E-state index is -1.06. The number of amides is 2. The normalized spacial score (nSPS) is 18.9. The number of halogens is 2. The molecule has 2 aromatic rings. The van der Waals surface area contributed by atoms with Crippen molar-refractivity contribution in [2.24, 2.45) is 0 Å². The topological polar surface area (TPSA) is 77.9 Å². The van der Waals surface area contributed by atoms with Crippen molar-refractivity contribution in [2.75, 3.05) is 7.05 Å². The first kappa shape index (κ1) is 21.1. The summed E-state index contributed by atoms with van der Waals surface area (Å²) in [5, 5.41) is 10.1. The standard InChI is InChI=1S/C21H20Cl2N2O4/c1-24-20(14-4-8-16(23)9-5-14)25(18(26)10-11-19(27)28)17(21(24)29)12-13-2-6-15(22)7-3-13/h2-9,17,20H,10-12H2,1H3,(H,27,28). The molecule has 1 aliphatic heterocycles. The van der Waals surface area contributed by atoms with Gasteiger partial charge in [0.15, 0.2) is 0 Å². The minimum Gasteiger partial charge on any atom is -0.481 e. The van der Waals surface area contributed by atoms with E-state index < -0.39 is 18.2 Å². The van der Waals surface area contributed by atoms with E-state index in [0.29, 0.717) is 16.5 Å². The van der Waals surface area contributed by atoms with Gasteiger partial charge in [-0.2, -0.15) is 0 Å². The number of carboxylic acid groups (broad SMARTS) is 1. The third-order valence-electron chi connectivity index (χ3n) is 4.95. The molecular formula is C21H20Cl2N2O4. The van der Waals surface area contributed by atoms with E-state index in [1.165, 1.54) is 9.80 Å². The Labute approximate surface area is 178 Å². The molecule has 2 unspecified atom stereocenters. The molecule has 1 saturated heterocycles. The molecule has 2 amide bonds. The maximum atomic E-state index is 13.0. The maximum absolute atomic E-state index is 13.0. The molecule has 1 N–H and O–H groups in total. The van der Waals surface area contributed by atoms with Crippen LogP contribution in [0.4, 0.5) is 0 Å². The fourth-order valence-corrected chi connectivity index (χ4v) is 3.79. The molecule has 3 rings (SSSR count). The molecule has 2 atom stereocenters. The molecule has 2 aromatic carbocycles. The second-order valence-electron chi connectivity index (χ2n) is 6.92. The van der Waals surface area contributed by atoms with Gasteiger partial charge in [-0.3, -0.25) is 14.4 Å². The smallest absolute Gasteiger partial charge is 0.303 e. The first-order valence-electron chi connectivity index (χ1n) is 9.07. The molecule has 0 saturated carbocycles. The Balaban J connectivity index is 1.96. The summed E-state index contributed by atoms with van der Waals surface area (Å²) in [6.45, 7) is 0. The van der Waals surface area contributed by atoms with Crippen molar-refractivity contribution in [3.63, 3.8) is 0 Å². The predicted octanol–water partition coefficient (Wildman–Crippen LogP) is 3.77. The first-order chi connectivity index (χ1) is 13.8. The van der Waals surface area contributed by atoms with Crippen molar-refractivity contribution in [1.29, 1.82) is 0 Å². The zero-order chi connectivity index (χ0) is 21.1. The molecule has 152 valence electrons. The highest BCUT2D eigenvalue weighted by Crippen LogP contribution is 2.36. The van der Waals surface area contributed by atoms with Crippen LogP contribution in [0.5, 0.6) is 0 Å². The third-order valence-corrected chi connectivity index (χ3v) is 5.45. The number of carbonyl (C=O) groups is 3. The van der Waals surface area contributed by atoms with E-state index in [1.54, 1.807) is 43.4 Å². The van der Waals surface area contributed by atoms with Gasteiger partial charge < -0.3 is 14.9 Å². The number of aliphatic carboxylic acids is 1. The van der Waals surface area contributed by atoms with Gasteiger partial charge in [-0.1, -0.05) is 47.5 Å². The molecule has 0 radical (unpaired) electrons. The highest BCUT2D eigenvalue weighted by molar-refractivity contribution is 6.30. The van der Waals surface area contributed by atoms with E-state index in [-0.39, 0.29) is 24.7 Å². The lowest BCUT2D eigenvalue weighted by atomic mass is 10.0. The van der Waals surface area contributed by atoms with Crippen LogP contribution < -0.4 is 0 Å². The monoisotopic (exact) mass is 434 g/mol. The van der Waals surface area contributed by atoms with Gasteiger partial charge in [-0.15, -0.1) is 0 Å². The SMILES string of the molecule is CN1C(=O)C(Cc2ccc(Cl)cc2)N(C(=O)CCC(=O)O)C1c1ccc(Cl)cc1. The predicted molar refractivity (Wildman–Crippen MR) is 110 cm³/mol. The zero-order valence-corrected chi connectivity index (χ0v) is 17.2. The highest BCUT2D eigenvalue weighted by Gasteiger charge is 2.47. The summed E-state index contributed by atoms with van der Waals surface area (Å²) < 4.78 is 0. The van der Waals surface area contributed by atoms with Gasteiger partial charge in [0.1, 0.15) is 12.2 Å². The molecule has 1 heterocycles. The highest BCUT2D eigenvalue weighted by atomic mass is 35.5. The number of rotatable bonds is 6. The van der Waals surface area contributed by atoms with E-state index in [1.807, 2.05) is 12.1 Å². The van der Waals surface area contributed by atoms with Crippen LogP contribution in [0.1, 0.15) is 30.1 Å². The van der Waals surface area contributed by atoms with Gasteiger partial charge in [0.25, 0.3) is 0 Å². The second-order valence-corrected chi connectivity index (χ2v) is 7.79. The van der Waals surface area contributed by atoms with Crippen molar-refractivity contribution in [2.45, 2.75) is 31.5 Å². The summed E-state index contributed by atoms with van der Waals surface area (Å²) in [5.74, 6) is -1.65. The van der Waals surface area contributed by atoms with Crippen molar-refractivity contribution in [3.05, 3.63) is 69.7 Å². The van der Waals surface area contributed by atoms with Crippen LogP contribution in [0.25, 0.3) is 0 Å². The summed E-state index contributed by atoms with van der Waals surface area (Å²) in [6.07, 6.45) is -0.798. The van der Waals surface area contributed by atoms with E-state index in [9.17, 15) is 14.4 Å². The molecule has 1 fully saturated rings. The third kappa shape index (κ3) is 4.71. The summed E-state index contributed by atoms with van der Waals surface area (Å²) in [6, 6.07) is 13.3. The Kier molecular flexibility index (Phi) is 6.45. The van der Waals surface area contributed by atoms with E-state index >= 15 is 0 Å². The fourth-order valence-electron chi connectivity index (χ4n) is 3.53. The maximum Gasteiger partial charge on any atom is 0.303 e. The number of benzene rings is 2. The van der Waals surface area contributed by atoms with Crippen LogP contribution in [0.15, 0.2) is 48.5 Å². The van der Waals surface area contributed by atoms with E-state index in [0.717, 1.165) is 11.1 Å². The molecule has 0 aliphatic carbocycles. The van der Waals surface area contributed by atoms with Crippen LogP contribution in [0.3, 0.4) is 0 Å².